The molecule has 2 aliphatic rings. The fourth-order valence-electron chi connectivity index (χ4n) is 6.55. The van der Waals surface area contributed by atoms with Crippen molar-refractivity contribution in [2.45, 2.75) is 51.4 Å². The number of aromatic nitrogens is 1. The summed E-state index contributed by atoms with van der Waals surface area (Å²) in [6, 6.07) is 28.0. The third-order valence-corrected chi connectivity index (χ3v) is 8.46. The maximum Gasteiger partial charge on any atom is 0.248 e. The maximum absolute atomic E-state index is 14.3. The quantitative estimate of drug-likeness (QED) is 0.235. The Kier molecular flexibility index (Phi) is 5.26. The topological polar surface area (TPSA) is 12.9 Å². The molecule has 5 aromatic rings. The van der Waals surface area contributed by atoms with Gasteiger partial charge in [0.15, 0.2) is 0 Å². The number of aryl methyl sites for hydroxylation is 2. The molecule has 7 rings (SSSR count). The van der Waals surface area contributed by atoms with Gasteiger partial charge in [-0.15, -0.1) is 0 Å². The highest BCUT2D eigenvalue weighted by Crippen LogP contribution is 2.48. The fraction of sp³-hybridized carbons (Fsp3) is 0.229. The number of nitrogens with zero attached hydrogens (tertiary/aromatic N) is 1. The van der Waals surface area contributed by atoms with Crippen molar-refractivity contribution in [3.05, 3.63) is 113 Å². The number of fused-ring (bicyclic) bond motifs is 4. The van der Waals surface area contributed by atoms with Crippen LogP contribution in [0.2, 0.25) is 0 Å². The van der Waals surface area contributed by atoms with E-state index < -0.39 is 5.92 Å². The lowest BCUT2D eigenvalue weighted by Gasteiger charge is -2.18. The van der Waals surface area contributed by atoms with Crippen LogP contribution in [0.3, 0.4) is 0 Å². The lowest BCUT2D eigenvalue weighted by molar-refractivity contribution is 0.00777. The number of rotatable bonds is 3. The van der Waals surface area contributed by atoms with Crippen molar-refractivity contribution in [3.8, 4) is 33.5 Å². The Morgan fingerprint density at radius 1 is 0.763 bits per heavy atom. The number of benzene rings is 4. The predicted octanol–water partition coefficient (Wildman–Crippen LogP) is 9.66. The highest BCUT2D eigenvalue weighted by Gasteiger charge is 2.40. The van der Waals surface area contributed by atoms with Crippen molar-refractivity contribution >= 4 is 10.8 Å². The molecule has 3 heteroatoms. The van der Waals surface area contributed by atoms with Crippen LogP contribution in [0.5, 0.6) is 0 Å². The predicted molar refractivity (Wildman–Crippen MR) is 152 cm³/mol. The SMILES string of the molecule is Cc1ccc(-c2cc(C3CCC(F)(F)C3)cc3c(-c4cc(C)cc5c4Cc4ccccc4-5)nccc23)cc1. The molecule has 1 saturated carbocycles. The smallest absolute Gasteiger partial charge is 0.248 e. The number of pyridine rings is 1. The Morgan fingerprint density at radius 2 is 1.55 bits per heavy atom. The van der Waals surface area contributed by atoms with Crippen molar-refractivity contribution in [3.63, 3.8) is 0 Å². The zero-order valence-electron chi connectivity index (χ0n) is 21.7. The molecule has 188 valence electrons. The minimum Gasteiger partial charge on any atom is -0.256 e. The average molecular weight is 502 g/mol. The van der Waals surface area contributed by atoms with Gasteiger partial charge in [-0.1, -0.05) is 66.2 Å². The molecule has 1 fully saturated rings. The molecule has 0 amide bonds. The molecule has 0 aliphatic heterocycles. The molecular formula is C35H29F2N. The Balaban J connectivity index is 1.49. The first-order valence-corrected chi connectivity index (χ1v) is 13.5. The first kappa shape index (κ1) is 23.3. The fourth-order valence-corrected chi connectivity index (χ4v) is 6.55. The average Bonchev–Trinajstić information content (AvgIpc) is 3.47. The van der Waals surface area contributed by atoms with Gasteiger partial charge in [-0.25, -0.2) is 8.78 Å². The van der Waals surface area contributed by atoms with Crippen molar-refractivity contribution in [2.75, 3.05) is 0 Å². The van der Waals surface area contributed by atoms with Crippen LogP contribution in [-0.4, -0.2) is 10.9 Å². The molecule has 4 aromatic carbocycles. The first-order chi connectivity index (χ1) is 18.4. The first-order valence-electron chi connectivity index (χ1n) is 13.5. The zero-order valence-corrected chi connectivity index (χ0v) is 21.7. The highest BCUT2D eigenvalue weighted by molar-refractivity contribution is 6.05. The van der Waals surface area contributed by atoms with E-state index >= 15 is 0 Å². The molecule has 1 heterocycles. The summed E-state index contributed by atoms with van der Waals surface area (Å²) in [4.78, 5) is 4.96. The molecule has 1 aromatic heterocycles. The molecule has 0 bridgehead atoms. The number of hydrogen-bond acceptors (Lipinski definition) is 1. The molecule has 0 radical (unpaired) electrons. The summed E-state index contributed by atoms with van der Waals surface area (Å²) in [5, 5.41) is 2.15. The van der Waals surface area contributed by atoms with Crippen LogP contribution in [-0.2, 0) is 6.42 Å². The molecule has 0 saturated heterocycles. The van der Waals surface area contributed by atoms with Gasteiger partial charge >= 0.3 is 0 Å². The summed E-state index contributed by atoms with van der Waals surface area (Å²) in [6.07, 6.45) is 3.15. The van der Waals surface area contributed by atoms with Crippen molar-refractivity contribution in [1.82, 2.24) is 4.98 Å². The summed E-state index contributed by atoms with van der Waals surface area (Å²) in [5.74, 6) is -2.75. The van der Waals surface area contributed by atoms with Gasteiger partial charge in [0.05, 0.1) is 5.69 Å². The van der Waals surface area contributed by atoms with E-state index in [0.717, 1.165) is 45.1 Å². The number of halogens is 2. The van der Waals surface area contributed by atoms with E-state index in [2.05, 4.69) is 92.7 Å². The molecule has 1 nitrogen and oxygen atoms in total. The Bertz CT molecular complexity index is 1720. The third kappa shape index (κ3) is 3.84. The van der Waals surface area contributed by atoms with Crippen LogP contribution in [0.4, 0.5) is 8.78 Å². The zero-order chi connectivity index (χ0) is 26.0. The summed E-state index contributed by atoms with van der Waals surface area (Å²) >= 11 is 0. The summed E-state index contributed by atoms with van der Waals surface area (Å²) in [7, 11) is 0. The van der Waals surface area contributed by atoms with Crippen molar-refractivity contribution < 1.29 is 8.78 Å². The van der Waals surface area contributed by atoms with Crippen LogP contribution in [0.15, 0.2) is 85.1 Å². The van der Waals surface area contributed by atoms with Gasteiger partial charge in [0.1, 0.15) is 0 Å². The van der Waals surface area contributed by atoms with E-state index in [1.54, 1.807) is 0 Å². The number of hydrogen-bond donors (Lipinski definition) is 0. The van der Waals surface area contributed by atoms with E-state index in [1.807, 2.05) is 6.20 Å². The minimum atomic E-state index is -2.59. The standard InChI is InChI=1S/C35H29F2N/c1-21-7-9-23(10-8-21)29-18-26(25-11-13-35(36,37)20-25)19-33-28(29)12-14-38-34(33)32-16-22(2)15-30-27-6-4-3-5-24(27)17-31(30)32/h3-10,12,14-16,18-19,25H,11,13,17,20H2,1-2H3. The molecule has 38 heavy (non-hydrogen) atoms. The van der Waals surface area contributed by atoms with E-state index in [1.165, 1.54) is 33.4 Å². The van der Waals surface area contributed by atoms with Crippen molar-refractivity contribution in [1.29, 1.82) is 0 Å². The molecule has 1 unspecified atom stereocenters. The van der Waals surface area contributed by atoms with Crippen LogP contribution in [0.25, 0.3) is 44.3 Å². The van der Waals surface area contributed by atoms with Gasteiger partial charge in [0, 0.05) is 30.0 Å². The van der Waals surface area contributed by atoms with E-state index in [9.17, 15) is 8.78 Å². The lowest BCUT2D eigenvalue weighted by Crippen LogP contribution is -2.09. The monoisotopic (exact) mass is 501 g/mol. The van der Waals surface area contributed by atoms with Crippen LogP contribution in [0.1, 0.15) is 53.0 Å². The molecule has 0 N–H and O–H groups in total. The molecule has 0 spiro atoms. The molecule has 1 atom stereocenters. The third-order valence-electron chi connectivity index (χ3n) is 8.46. The van der Waals surface area contributed by atoms with Gasteiger partial charge in [0.2, 0.25) is 5.92 Å². The largest absolute Gasteiger partial charge is 0.256 e. The van der Waals surface area contributed by atoms with Crippen LogP contribution < -0.4 is 0 Å². The minimum absolute atomic E-state index is 0.0425. The normalized spacial score (nSPS) is 17.5. The van der Waals surface area contributed by atoms with Gasteiger partial charge in [0.25, 0.3) is 0 Å². The van der Waals surface area contributed by atoms with Gasteiger partial charge in [-0.05, 0) is 101 Å². The van der Waals surface area contributed by atoms with Gasteiger partial charge in [-0.2, -0.15) is 0 Å². The Hall–Kier alpha value is -3.85. The summed E-state index contributed by atoms with van der Waals surface area (Å²) in [5.41, 5.74) is 12.9. The van der Waals surface area contributed by atoms with E-state index in [0.29, 0.717) is 6.42 Å². The van der Waals surface area contributed by atoms with Crippen LogP contribution in [0, 0.1) is 13.8 Å². The lowest BCUT2D eigenvalue weighted by atomic mass is 9.87. The van der Waals surface area contributed by atoms with Crippen molar-refractivity contribution in [2.24, 2.45) is 0 Å². The second-order valence-electron chi connectivity index (χ2n) is 11.2. The molecule has 2 aliphatic carbocycles. The second-order valence-corrected chi connectivity index (χ2v) is 11.2. The van der Waals surface area contributed by atoms with E-state index in [-0.39, 0.29) is 18.8 Å². The van der Waals surface area contributed by atoms with E-state index in [4.69, 9.17) is 4.98 Å². The second kappa shape index (κ2) is 8.59. The summed E-state index contributed by atoms with van der Waals surface area (Å²) in [6.45, 7) is 4.22. The summed E-state index contributed by atoms with van der Waals surface area (Å²) < 4.78 is 28.6. The maximum atomic E-state index is 14.3. The highest BCUT2D eigenvalue weighted by atomic mass is 19.3. The molecular weight excluding hydrogens is 472 g/mol. The van der Waals surface area contributed by atoms with Gasteiger partial charge in [-0.3, -0.25) is 4.98 Å². The Labute approximate surface area is 222 Å². The Morgan fingerprint density at radius 3 is 2.34 bits per heavy atom. The van der Waals surface area contributed by atoms with Crippen LogP contribution >= 0.6 is 0 Å². The number of alkyl halides is 2. The van der Waals surface area contributed by atoms with Gasteiger partial charge < -0.3 is 0 Å².